The molecule has 3 N–H and O–H groups in total. The number of amides is 12. The first-order valence-corrected chi connectivity index (χ1v) is 39.1. The number of carbonyl (C=O) groups is 12. The summed E-state index contributed by atoms with van der Waals surface area (Å²) in [5, 5.41) is 8.86. The maximum absolute atomic E-state index is 15.8. The van der Waals surface area contributed by atoms with E-state index < -0.39 is 186 Å². The molecule has 4 aliphatic carbocycles. The van der Waals surface area contributed by atoms with Gasteiger partial charge in [-0.05, 0) is 132 Å². The van der Waals surface area contributed by atoms with Crippen LogP contribution in [0.2, 0.25) is 0 Å². The molecule has 3 heterocycles. The fraction of sp³-hybridized carbons (Fsp3) is 0.818. The average Bonchev–Trinajstić information content (AvgIpc) is 0.762. The minimum Gasteiger partial charge on any atom is -0.381 e. The molecule has 26 nitrogen and oxygen atoms in total. The maximum atomic E-state index is 15.8. The summed E-state index contributed by atoms with van der Waals surface area (Å²) in [5.74, 6) is -10.4. The topological polar surface area (TPSA) is 289 Å². The first-order valence-electron chi connectivity index (χ1n) is 39.1. The molecule has 4 saturated carbocycles. The van der Waals surface area contributed by atoms with Gasteiger partial charge in [0, 0.05) is 89.1 Å². The molecule has 7 rings (SSSR count). The van der Waals surface area contributed by atoms with Crippen molar-refractivity contribution in [3.8, 4) is 0 Å². The Morgan fingerprint density at radius 3 is 1.92 bits per heavy atom. The zero-order valence-electron chi connectivity index (χ0n) is 66.1. The number of nitrogens with one attached hydrogen (secondary N) is 3. The molecule has 3 aliphatic heterocycles. The molecule has 598 valence electrons. The Labute approximate surface area is 626 Å². The summed E-state index contributed by atoms with van der Waals surface area (Å²) in [4.78, 5) is 194. The van der Waals surface area contributed by atoms with E-state index in [0.29, 0.717) is 31.6 Å². The smallest absolute Gasteiger partial charge is 0.381 e. The van der Waals surface area contributed by atoms with E-state index in [1.807, 2.05) is 26.8 Å². The van der Waals surface area contributed by atoms with Crippen LogP contribution in [-0.4, -0.2) is 283 Å². The fourth-order valence-corrected chi connectivity index (χ4v) is 17.9. The van der Waals surface area contributed by atoms with Crippen LogP contribution in [0, 0.1) is 40.9 Å². The van der Waals surface area contributed by atoms with Crippen LogP contribution in [0.3, 0.4) is 0 Å². The number of fused-ring (bicyclic) bond motifs is 3. The summed E-state index contributed by atoms with van der Waals surface area (Å²) in [6.45, 7) is 14.0. The predicted octanol–water partition coefficient (Wildman–Crippen LogP) is 5.93. The molecule has 0 aromatic heterocycles. The van der Waals surface area contributed by atoms with Gasteiger partial charge in [0.05, 0.1) is 37.6 Å². The highest BCUT2D eigenvalue weighted by Gasteiger charge is 2.59. The lowest BCUT2D eigenvalue weighted by Crippen LogP contribution is -2.71. The molecule has 3 unspecified atom stereocenters. The highest BCUT2D eigenvalue weighted by Crippen LogP contribution is 2.50. The van der Waals surface area contributed by atoms with Crippen molar-refractivity contribution in [2.45, 2.75) is 269 Å². The second kappa shape index (κ2) is 37.5. The van der Waals surface area contributed by atoms with Crippen LogP contribution in [-0.2, 0) is 67.0 Å². The van der Waals surface area contributed by atoms with Crippen LogP contribution in [0.15, 0.2) is 12.2 Å². The van der Waals surface area contributed by atoms with Crippen molar-refractivity contribution in [3.05, 3.63) is 12.2 Å². The van der Waals surface area contributed by atoms with Crippen LogP contribution in [0.5, 0.6) is 0 Å². The van der Waals surface area contributed by atoms with Gasteiger partial charge in [-0.1, -0.05) is 98.6 Å². The third-order valence-electron chi connectivity index (χ3n) is 24.5. The number of likely N-dealkylation sites (N-methyl/N-ethyl adjacent to an activating group) is 7. The van der Waals surface area contributed by atoms with Gasteiger partial charge in [-0.25, -0.2) is 0 Å². The van der Waals surface area contributed by atoms with Gasteiger partial charge in [0.1, 0.15) is 53.9 Å². The second-order valence-corrected chi connectivity index (χ2v) is 32.7. The van der Waals surface area contributed by atoms with Crippen molar-refractivity contribution in [3.63, 3.8) is 0 Å². The Balaban J connectivity index is 1.33. The van der Waals surface area contributed by atoms with E-state index in [1.165, 1.54) is 101 Å². The van der Waals surface area contributed by atoms with Crippen LogP contribution in [0.25, 0.3) is 0 Å². The van der Waals surface area contributed by atoms with Crippen molar-refractivity contribution in [2.24, 2.45) is 40.9 Å². The Kier molecular flexibility index (Phi) is 30.5. The van der Waals surface area contributed by atoms with E-state index in [2.05, 4.69) is 22.9 Å². The molecule has 1 spiro atoms. The van der Waals surface area contributed by atoms with Gasteiger partial charge >= 0.3 is 6.18 Å². The highest BCUT2D eigenvalue weighted by molar-refractivity contribution is 6.01. The summed E-state index contributed by atoms with van der Waals surface area (Å²) in [6.07, 6.45) is 3.70. The number of hydrogen-bond acceptors (Lipinski definition) is 14. The second-order valence-electron chi connectivity index (χ2n) is 32.7. The van der Waals surface area contributed by atoms with E-state index in [0.717, 1.165) is 38.5 Å². The summed E-state index contributed by atoms with van der Waals surface area (Å²) >= 11 is 0. The maximum Gasteiger partial charge on any atom is 0.394 e. The van der Waals surface area contributed by atoms with Crippen LogP contribution in [0.1, 0.15) is 197 Å². The predicted molar refractivity (Wildman–Crippen MR) is 391 cm³/mol. The Morgan fingerprint density at radius 2 is 1.33 bits per heavy atom. The quantitative estimate of drug-likeness (QED) is 0.170. The normalized spacial score (nSPS) is 31.9. The molecular weight excluding hydrogens is 1370 g/mol. The number of alkyl halides is 3. The summed E-state index contributed by atoms with van der Waals surface area (Å²) < 4.78 is 54.6. The zero-order chi connectivity index (χ0) is 78.6. The van der Waals surface area contributed by atoms with Gasteiger partial charge in [0.15, 0.2) is 0 Å². The van der Waals surface area contributed by atoms with Crippen molar-refractivity contribution >= 4 is 70.9 Å². The van der Waals surface area contributed by atoms with E-state index in [-0.39, 0.29) is 109 Å². The third kappa shape index (κ3) is 20.7. The molecular formula is C77H125F3N12O14. The number of halogens is 3. The Bertz CT molecular complexity index is 3150. The molecule has 29 heteroatoms. The molecule has 106 heavy (non-hydrogen) atoms. The Hall–Kier alpha value is -6.91. The van der Waals surface area contributed by atoms with Gasteiger partial charge < -0.3 is 69.5 Å². The van der Waals surface area contributed by atoms with E-state index >= 15 is 28.8 Å². The first kappa shape index (κ1) is 86.3. The van der Waals surface area contributed by atoms with Crippen LogP contribution >= 0.6 is 0 Å². The molecule has 12 amide bonds. The van der Waals surface area contributed by atoms with Gasteiger partial charge in [0.2, 0.25) is 70.9 Å². The summed E-state index contributed by atoms with van der Waals surface area (Å²) in [6, 6.07) is -10.1. The molecule has 2 saturated heterocycles. The van der Waals surface area contributed by atoms with Crippen LogP contribution in [0.4, 0.5) is 13.2 Å². The molecule has 0 aromatic carbocycles. The summed E-state index contributed by atoms with van der Waals surface area (Å²) in [5.41, 5.74) is -2.17. The van der Waals surface area contributed by atoms with E-state index in [4.69, 9.17) is 9.47 Å². The largest absolute Gasteiger partial charge is 0.394 e. The number of nitrogens with zero attached hydrogens (tertiary/aromatic N) is 9. The van der Waals surface area contributed by atoms with Crippen molar-refractivity contribution in [1.29, 1.82) is 0 Å². The molecule has 2 bridgehead atoms. The molecule has 0 aromatic rings. The number of hydrogen-bond donors (Lipinski definition) is 3. The Morgan fingerprint density at radius 1 is 0.689 bits per heavy atom. The SMILES string of the molecule is CCO[C@@H]1C[C@H]2C(=O)NC3(CC(C)(C)C3)C(=O)N(C)[C@@H](C3CCCC3)C(=O)N(C)[C@H](C(=O)N(C)CC)CC(=O)N(C)[C@@H](CC)C(=O)N[C@@H]([C@@H](C)CC)C(=O)N(C)CC(=O)N(C)[C@H]3C/C=C\CCN(C3=O)[C@@H](CC3CCC(C)CC3)C(=O)N(C)CC(=O)N[C@@H](CCC3CCC(C(F)(F)F)C(OC)C3)C(=O)N2C1. The number of carbonyl (C=O) groups excluding carboxylic acids is 12. The number of methoxy groups -OCH3 is 1. The lowest BCUT2D eigenvalue weighted by molar-refractivity contribution is -0.215. The van der Waals surface area contributed by atoms with E-state index in [9.17, 15) is 41.9 Å². The van der Waals surface area contributed by atoms with Crippen molar-refractivity contribution in [1.82, 2.24) is 60.0 Å². The van der Waals surface area contributed by atoms with Gasteiger partial charge in [-0.15, -0.1) is 0 Å². The lowest BCUT2D eigenvalue weighted by atomic mass is 9.58. The molecule has 0 radical (unpaired) electrons. The molecule has 6 fully saturated rings. The van der Waals surface area contributed by atoms with Crippen LogP contribution < -0.4 is 16.0 Å². The third-order valence-corrected chi connectivity index (χ3v) is 24.5. The van der Waals surface area contributed by atoms with Gasteiger partial charge in [-0.3, -0.25) is 57.5 Å². The minimum absolute atomic E-state index is 0.00505. The first-order chi connectivity index (χ1) is 49.9. The number of ether oxygens (including phenoxy) is 2. The monoisotopic (exact) mass is 1500 g/mol. The lowest BCUT2D eigenvalue weighted by Gasteiger charge is -2.54. The van der Waals surface area contributed by atoms with Crippen molar-refractivity contribution < 1.29 is 80.2 Å². The zero-order valence-corrected chi connectivity index (χ0v) is 66.1. The van der Waals surface area contributed by atoms with Gasteiger partial charge in [-0.2, -0.15) is 13.2 Å². The van der Waals surface area contributed by atoms with Crippen molar-refractivity contribution in [2.75, 3.05) is 95.8 Å². The minimum atomic E-state index is -4.52. The highest BCUT2D eigenvalue weighted by atomic mass is 19.4. The van der Waals surface area contributed by atoms with E-state index in [1.54, 1.807) is 33.8 Å². The number of rotatable bonds is 14. The molecule has 7 aliphatic rings. The summed E-state index contributed by atoms with van der Waals surface area (Å²) in [7, 11) is 11.4. The molecule has 13 atom stereocenters. The van der Waals surface area contributed by atoms with Gasteiger partial charge in [0.25, 0.3) is 0 Å². The standard InChI is InChI=1S/C77H125F3N12O14/c1-17-48(6)64-72(102)86(11)44-63(95)88(13)56-28-22-21-25-37-91(71(56)101)59(38-49-31-29-47(5)30-32-49)70(100)85(10)43-61(93)81-54(36-34-50-33-35-53(77(78,79)80)60(39-50)105-16)68(98)92-42-52(106-20-4)40-57(92)67(97)83-76(45-75(7,8)46-76)74(104)90(15)65(51-26-23-24-27-51)73(103)89(14)58(69(99)84(9)19-3)41-62(94)87(12)55(18-2)66(96)82-64/h21-22,47-60,64-65H,17-20,23-46H2,1-16H3,(H,81,93)(H,82,96)(H,83,97)/b22-21-/t47?,48-,49?,50?,52+,53?,54-,55-,56-,57-,58-,59-,60?,64-,65-/m0/s1. The fourth-order valence-electron chi connectivity index (χ4n) is 17.9. The average molecular weight is 1500 g/mol.